The summed E-state index contributed by atoms with van der Waals surface area (Å²) in [5, 5.41) is 54.3. The number of hydrogen-bond acceptors (Lipinski definition) is 20. The minimum atomic E-state index is -0.600. The van der Waals surface area contributed by atoms with Crippen molar-refractivity contribution in [1.82, 2.24) is 80.7 Å². The Balaban J connectivity index is 0.000000127. The number of halogens is 8. The Hall–Kier alpha value is -12.1. The highest BCUT2D eigenvalue weighted by molar-refractivity contribution is 5.61. The highest BCUT2D eigenvalue weighted by Gasteiger charge is 2.29. The van der Waals surface area contributed by atoms with E-state index >= 15 is 0 Å². The highest BCUT2D eigenvalue weighted by atomic mass is 19.2. The number of H-pyrrole nitrogens is 4. The van der Waals surface area contributed by atoms with Crippen LogP contribution in [-0.4, -0.2) is 80.7 Å². The Morgan fingerprint density at radius 3 is 0.750 bits per heavy atom. The molecular weight excluding hydrogens is 1400 g/mol. The summed E-state index contributed by atoms with van der Waals surface area (Å²) in [5.41, 5.74) is 5.83. The molecule has 4 saturated carbocycles. The molecule has 8 aromatic heterocycles. The first-order valence-corrected chi connectivity index (χ1v) is 35.5. The van der Waals surface area contributed by atoms with Crippen LogP contribution in [0.1, 0.15) is 195 Å². The van der Waals surface area contributed by atoms with Crippen molar-refractivity contribution < 1.29 is 35.1 Å². The summed E-state index contributed by atoms with van der Waals surface area (Å²) in [5.74, 6) is 7.29. The predicted octanol–water partition coefficient (Wildman–Crippen LogP) is 18.3. The summed E-state index contributed by atoms with van der Waals surface area (Å²) < 4.78 is 109. The summed E-state index contributed by atoms with van der Waals surface area (Å²) in [4.78, 5) is 34.8. The van der Waals surface area contributed by atoms with Crippen molar-refractivity contribution >= 4 is 69.8 Å². The van der Waals surface area contributed by atoms with E-state index in [0.717, 1.165) is 53.1 Å². The van der Waals surface area contributed by atoms with Crippen molar-refractivity contribution in [3.8, 4) is 0 Å². The van der Waals surface area contributed by atoms with Gasteiger partial charge in [-0.15, -0.1) is 0 Å². The third-order valence-electron chi connectivity index (χ3n) is 18.0. The Kier molecular flexibility index (Phi) is 22.5. The molecule has 0 amide bonds. The molecule has 0 aliphatic heterocycles. The van der Waals surface area contributed by atoms with E-state index < -0.39 is 52.6 Å². The van der Waals surface area contributed by atoms with E-state index in [2.05, 4.69) is 123 Å². The number of aromatic amines is 4. The second-order valence-electron chi connectivity index (χ2n) is 27.3. The van der Waals surface area contributed by atoms with Crippen LogP contribution in [-0.2, 0) is 0 Å². The van der Waals surface area contributed by atoms with Gasteiger partial charge in [-0.05, 0) is 143 Å². The minimum absolute atomic E-state index is 0.238. The molecule has 0 saturated heterocycles. The van der Waals surface area contributed by atoms with Crippen molar-refractivity contribution in [3.05, 3.63) is 236 Å². The Morgan fingerprint density at radius 2 is 0.500 bits per heavy atom. The Morgan fingerprint density at radius 1 is 0.269 bits per heavy atom. The number of rotatable bonds is 24. The van der Waals surface area contributed by atoms with Crippen molar-refractivity contribution in [1.29, 1.82) is 0 Å². The summed E-state index contributed by atoms with van der Waals surface area (Å²) in [6.45, 7) is 14.2. The number of nitrogens with one attached hydrogen (secondary N) is 12. The zero-order chi connectivity index (χ0) is 75.9. The Labute approximate surface area is 616 Å². The maximum Gasteiger partial charge on any atom is 0.153 e. The van der Waals surface area contributed by atoms with Crippen molar-refractivity contribution in [2.75, 3.05) is 42.5 Å². The van der Waals surface area contributed by atoms with Crippen molar-refractivity contribution in [2.24, 2.45) is 0 Å². The van der Waals surface area contributed by atoms with Gasteiger partial charge in [0.25, 0.3) is 0 Å². The van der Waals surface area contributed by atoms with Crippen molar-refractivity contribution in [2.45, 2.75) is 155 Å². The third kappa shape index (κ3) is 20.3. The smallest absolute Gasteiger partial charge is 0.153 e. The molecule has 0 spiro atoms. The fourth-order valence-electron chi connectivity index (χ4n) is 12.0. The molecule has 8 heterocycles. The summed E-state index contributed by atoms with van der Waals surface area (Å²) >= 11 is 0. The van der Waals surface area contributed by atoms with Gasteiger partial charge in [0.05, 0.1) is 24.2 Å². The SMILES string of the molecule is Cc1nc(Nc2cc(C3CC3)[nH]n2)cc(NC(C)c2cc(F)ccc2F)n1.Cc1nc(Nc2cc(C3CC3)[nH]n2)cc(NC(C)c2ccc(F)cc2F)n1.Cc1nc(Nc2cc(C3CC3)[nH]n2)cc(N[C@@H](C)c2ccc(F)cc2F)n1.Cc1nc(Nc2cc(C3CC3)[nH]n2)cc(N[C@H](C)c2ccc(F)cc2F)n1. The first-order chi connectivity index (χ1) is 51.9. The molecule has 12 N–H and O–H groups in total. The monoisotopic (exact) mass is 1480 g/mol. The fourth-order valence-corrected chi connectivity index (χ4v) is 12.0. The molecule has 4 aliphatic carbocycles. The fraction of sp³-hybridized carbons (Fsp3) is 0.316. The molecule has 2 unspecified atom stereocenters. The van der Waals surface area contributed by atoms with Crippen LogP contribution in [0, 0.1) is 74.2 Å². The van der Waals surface area contributed by atoms with Gasteiger partial charge >= 0.3 is 0 Å². The summed E-state index contributed by atoms with van der Waals surface area (Å²) in [6, 6.07) is 27.3. The first kappa shape index (κ1) is 74.2. The van der Waals surface area contributed by atoms with E-state index in [-0.39, 0.29) is 23.7 Å². The second-order valence-corrected chi connectivity index (χ2v) is 27.3. The van der Waals surface area contributed by atoms with Gasteiger partial charge < -0.3 is 42.5 Å². The molecule has 32 heteroatoms. The van der Waals surface area contributed by atoms with Gasteiger partial charge in [0, 0.05) is 135 Å². The van der Waals surface area contributed by atoms with E-state index in [9.17, 15) is 35.1 Å². The molecule has 4 atom stereocenters. The lowest BCUT2D eigenvalue weighted by Gasteiger charge is -2.16. The molecule has 16 rings (SSSR count). The molecule has 4 aliphatic rings. The number of aryl methyl sites for hydroxylation is 4. The maximum atomic E-state index is 14.0. The molecule has 4 fully saturated rings. The van der Waals surface area contributed by atoms with Crippen LogP contribution in [0.5, 0.6) is 0 Å². The molecule has 4 aromatic carbocycles. The highest BCUT2D eigenvalue weighted by Crippen LogP contribution is 2.43. The quantitative estimate of drug-likeness (QED) is 0.0250. The van der Waals surface area contributed by atoms with Gasteiger partial charge in [-0.1, -0.05) is 18.2 Å². The van der Waals surface area contributed by atoms with Gasteiger partial charge in [-0.2, -0.15) is 20.4 Å². The van der Waals surface area contributed by atoms with Crippen molar-refractivity contribution in [3.63, 3.8) is 0 Å². The van der Waals surface area contributed by atoms with E-state index in [4.69, 9.17) is 0 Å². The molecule has 12 aromatic rings. The minimum Gasteiger partial charge on any atom is -0.363 e. The lowest BCUT2D eigenvalue weighted by Crippen LogP contribution is -2.11. The standard InChI is InChI=1S/4C19H20F2N6/c1-10(14-7-13(20)5-6-15(14)21)22-17-9-18(24-11(2)23-17)25-19-8-16(26-27-19)12-3-4-12;3*1-10(14-6-5-13(20)7-15(14)21)22-17-9-18(24-11(2)23-17)25-19-8-16(26-27-19)12-3-4-12/h4*5-10,12H,3-4H2,1-2H3,(H3,22,23,24,25,26,27)/t;2*10-;/m.10./s1. The zero-order valence-corrected chi connectivity index (χ0v) is 60.2. The summed E-state index contributed by atoms with van der Waals surface area (Å²) in [7, 11) is 0. The van der Waals surface area contributed by atoms with Crippen LogP contribution in [0.25, 0.3) is 0 Å². The third-order valence-corrected chi connectivity index (χ3v) is 18.0. The lowest BCUT2D eigenvalue weighted by atomic mass is 10.1. The number of nitrogens with zero attached hydrogens (tertiary/aromatic N) is 12. The molecule has 24 nitrogen and oxygen atoms in total. The van der Waals surface area contributed by atoms with E-state index in [1.165, 1.54) is 93.8 Å². The zero-order valence-electron chi connectivity index (χ0n) is 60.2. The number of anilines is 12. The largest absolute Gasteiger partial charge is 0.363 e. The van der Waals surface area contributed by atoms with Gasteiger partial charge in [0.1, 0.15) is 116 Å². The topological polar surface area (TPSA) is 314 Å². The van der Waals surface area contributed by atoms with Crippen LogP contribution < -0.4 is 42.5 Å². The first-order valence-electron chi connectivity index (χ1n) is 35.5. The van der Waals surface area contributed by atoms with Crippen LogP contribution in [0.15, 0.2) is 121 Å². The van der Waals surface area contributed by atoms with Crippen LogP contribution in [0.3, 0.4) is 0 Å². The van der Waals surface area contributed by atoms with Gasteiger partial charge in [-0.3, -0.25) is 20.4 Å². The van der Waals surface area contributed by atoms with Gasteiger partial charge in [0.2, 0.25) is 0 Å². The average molecular weight is 1480 g/mol. The number of aromatic nitrogens is 16. The molecule has 108 heavy (non-hydrogen) atoms. The van der Waals surface area contributed by atoms with Crippen LogP contribution >= 0.6 is 0 Å². The average Bonchev–Trinajstić information content (AvgIpc) is 1.56. The molecule has 0 bridgehead atoms. The lowest BCUT2D eigenvalue weighted by molar-refractivity contribution is 0.565. The Bertz CT molecular complexity index is 4750. The summed E-state index contributed by atoms with van der Waals surface area (Å²) in [6.07, 6.45) is 9.55. The van der Waals surface area contributed by atoms with Crippen LogP contribution in [0.4, 0.5) is 105 Å². The normalized spacial score (nSPS) is 14.8. The van der Waals surface area contributed by atoms with E-state index in [1.807, 2.05) is 24.3 Å². The van der Waals surface area contributed by atoms with Crippen LogP contribution in [0.2, 0.25) is 0 Å². The van der Waals surface area contributed by atoms with E-state index in [0.29, 0.717) is 133 Å². The maximum absolute atomic E-state index is 14.0. The molecule has 0 radical (unpaired) electrons. The van der Waals surface area contributed by atoms with Gasteiger partial charge in [0.15, 0.2) is 23.3 Å². The molecule has 560 valence electrons. The number of hydrogen-bond donors (Lipinski definition) is 12. The predicted molar refractivity (Wildman–Crippen MR) is 396 cm³/mol. The van der Waals surface area contributed by atoms with E-state index in [1.54, 1.807) is 79.7 Å². The second kappa shape index (κ2) is 32.7. The number of benzene rings is 4. The molecular formula is C76H80F8N24. The van der Waals surface area contributed by atoms with Gasteiger partial charge in [-0.25, -0.2) is 75.0 Å².